The molecule has 1 saturated heterocycles. The molecule has 4 aromatic rings. The highest BCUT2D eigenvalue weighted by Crippen LogP contribution is 2.37. The van der Waals surface area contributed by atoms with Gasteiger partial charge in [0.15, 0.2) is 0 Å². The number of nitrogens with zero attached hydrogens (tertiary/aromatic N) is 5. The lowest BCUT2D eigenvalue weighted by atomic mass is 10.0. The Bertz CT molecular complexity index is 1550. The van der Waals surface area contributed by atoms with Gasteiger partial charge in [-0.05, 0) is 61.4 Å². The van der Waals surface area contributed by atoms with Crippen LogP contribution in [-0.2, 0) is 4.79 Å². The molecule has 3 heterocycles. The molecule has 0 radical (unpaired) electrons. The van der Waals surface area contributed by atoms with Crippen molar-refractivity contribution in [3.8, 4) is 28.7 Å². The summed E-state index contributed by atoms with van der Waals surface area (Å²) in [4.78, 5) is 23.8. The Morgan fingerprint density at radius 1 is 1.05 bits per heavy atom. The van der Waals surface area contributed by atoms with E-state index >= 15 is 0 Å². The van der Waals surface area contributed by atoms with Crippen molar-refractivity contribution in [1.82, 2.24) is 19.4 Å². The maximum atomic E-state index is 13.1. The first-order chi connectivity index (χ1) is 18.6. The lowest BCUT2D eigenvalue weighted by Crippen LogP contribution is -2.41. The molecule has 1 amide bonds. The van der Waals surface area contributed by atoms with Gasteiger partial charge >= 0.3 is 0 Å². The van der Waals surface area contributed by atoms with E-state index in [-0.39, 0.29) is 17.5 Å². The molecule has 6 rings (SSSR count). The van der Waals surface area contributed by atoms with Crippen molar-refractivity contribution < 1.29 is 9.53 Å². The number of ether oxygens (including phenoxy) is 1. The van der Waals surface area contributed by atoms with Gasteiger partial charge in [0.05, 0.1) is 11.4 Å². The number of carbonyl (C=O) groups excluding carboxylic acids is 1. The molecule has 190 valence electrons. The van der Waals surface area contributed by atoms with Crippen LogP contribution in [0, 0.1) is 17.2 Å². The van der Waals surface area contributed by atoms with Gasteiger partial charge in [0, 0.05) is 24.8 Å². The summed E-state index contributed by atoms with van der Waals surface area (Å²) in [6.45, 7) is 1.16. The number of likely N-dealkylation sites (tertiary alicyclic amines) is 1. The van der Waals surface area contributed by atoms with Crippen LogP contribution in [-0.4, -0.2) is 38.4 Å². The number of piperidine rings is 1. The maximum Gasteiger partial charge on any atom is 0.264 e. The predicted molar refractivity (Wildman–Crippen MR) is 145 cm³/mol. The first kappa shape index (κ1) is 23.7. The smallest absolute Gasteiger partial charge is 0.264 e. The molecule has 2 aromatic carbocycles. The molecule has 0 bridgehead atoms. The van der Waals surface area contributed by atoms with Crippen LogP contribution < -0.4 is 10.5 Å². The lowest BCUT2D eigenvalue weighted by Gasteiger charge is -2.33. The summed E-state index contributed by atoms with van der Waals surface area (Å²) in [6.07, 6.45) is 9.24. The Morgan fingerprint density at radius 3 is 2.55 bits per heavy atom. The van der Waals surface area contributed by atoms with Crippen molar-refractivity contribution in [2.45, 2.75) is 31.7 Å². The average Bonchev–Trinajstić information content (AvgIpc) is 3.69. The quantitative estimate of drug-likeness (QED) is 0.274. The van der Waals surface area contributed by atoms with Crippen molar-refractivity contribution in [3.05, 3.63) is 78.8 Å². The summed E-state index contributed by atoms with van der Waals surface area (Å²) in [5, 5.41) is 10.4. The minimum atomic E-state index is -0.177. The largest absolute Gasteiger partial charge is 0.457 e. The summed E-state index contributed by atoms with van der Waals surface area (Å²) in [7, 11) is 0. The molecule has 1 aliphatic heterocycles. The first-order valence-electron chi connectivity index (χ1n) is 13.0. The number of anilines is 1. The highest BCUT2D eigenvalue weighted by molar-refractivity contribution is 6.01. The zero-order valence-corrected chi connectivity index (χ0v) is 21.0. The Morgan fingerprint density at radius 2 is 1.82 bits per heavy atom. The maximum absolute atomic E-state index is 13.1. The van der Waals surface area contributed by atoms with E-state index in [9.17, 15) is 10.1 Å². The van der Waals surface area contributed by atoms with Gasteiger partial charge in [-0.1, -0.05) is 36.4 Å². The number of amides is 1. The van der Waals surface area contributed by atoms with Crippen LogP contribution >= 0.6 is 0 Å². The normalized spacial score (nSPS) is 17.8. The number of carbonyl (C=O) groups is 1. The van der Waals surface area contributed by atoms with Crippen molar-refractivity contribution in [2.75, 3.05) is 18.8 Å². The van der Waals surface area contributed by atoms with Gasteiger partial charge in [0.2, 0.25) is 0 Å². The van der Waals surface area contributed by atoms with Crippen LogP contribution in [0.1, 0.15) is 31.7 Å². The molecule has 2 N–H and O–H groups in total. The van der Waals surface area contributed by atoms with E-state index < -0.39 is 0 Å². The molecule has 8 nitrogen and oxygen atoms in total. The molecule has 2 aromatic heterocycles. The number of benzene rings is 2. The number of hydrogen-bond acceptors (Lipinski definition) is 6. The summed E-state index contributed by atoms with van der Waals surface area (Å²) >= 11 is 0. The van der Waals surface area contributed by atoms with Gasteiger partial charge in [-0.25, -0.2) is 9.97 Å². The number of hydrogen-bond donors (Lipinski definition) is 1. The van der Waals surface area contributed by atoms with Gasteiger partial charge in [-0.15, -0.1) is 0 Å². The van der Waals surface area contributed by atoms with Crippen molar-refractivity contribution >= 4 is 22.8 Å². The van der Waals surface area contributed by atoms with Crippen LogP contribution in [0.5, 0.6) is 11.5 Å². The van der Waals surface area contributed by atoms with E-state index in [1.165, 1.54) is 6.33 Å². The predicted octanol–water partition coefficient (Wildman–Crippen LogP) is 5.50. The summed E-state index contributed by atoms with van der Waals surface area (Å²) in [5.41, 5.74) is 9.26. The third-order valence-electron chi connectivity index (χ3n) is 7.24. The van der Waals surface area contributed by atoms with Gasteiger partial charge in [0.25, 0.3) is 5.91 Å². The third-order valence-corrected chi connectivity index (χ3v) is 7.24. The highest BCUT2D eigenvalue weighted by atomic mass is 16.5. The standard InChI is InChI=1S/C30H28N6O2/c31-16-22(15-20-8-9-20)30(37)35-14-4-5-23(17-35)36-18-26(27-28(32)33-19-34-29(27)36)21-10-12-25(13-11-21)38-24-6-2-1-3-7-24/h1-3,6-7,10-13,15,18-20,23H,4-5,8-9,14,17H2,(H2,32,33,34)/b22-15-/t23-/m1/s1. The molecule has 0 spiro atoms. The van der Waals surface area contributed by atoms with E-state index in [2.05, 4.69) is 26.8 Å². The molecule has 2 fully saturated rings. The second-order valence-electron chi connectivity index (χ2n) is 9.92. The Kier molecular flexibility index (Phi) is 6.26. The SMILES string of the molecule is N#C/C(=C/C1CC1)C(=O)N1CCC[C@@H](n2cc(-c3ccc(Oc4ccccc4)cc3)c3c(N)ncnc32)C1. The second kappa shape index (κ2) is 10.0. The van der Waals surface area contributed by atoms with Gasteiger partial charge in [-0.2, -0.15) is 5.26 Å². The van der Waals surface area contributed by atoms with Crippen LogP contribution in [0.3, 0.4) is 0 Å². The second-order valence-corrected chi connectivity index (χ2v) is 9.92. The summed E-state index contributed by atoms with van der Waals surface area (Å²) in [6, 6.07) is 19.7. The van der Waals surface area contributed by atoms with E-state index in [0.717, 1.165) is 59.3 Å². The number of nitrogens with two attached hydrogens (primary N) is 1. The molecular weight excluding hydrogens is 476 g/mol. The Labute approximate surface area is 221 Å². The van der Waals surface area contributed by atoms with Gasteiger partial charge in [0.1, 0.15) is 40.9 Å². The number of para-hydroxylation sites is 1. The number of allylic oxidation sites excluding steroid dienone is 1. The number of nitriles is 1. The van der Waals surface area contributed by atoms with Crippen LogP contribution in [0.2, 0.25) is 0 Å². The third kappa shape index (κ3) is 4.71. The summed E-state index contributed by atoms with van der Waals surface area (Å²) < 4.78 is 8.07. The van der Waals surface area contributed by atoms with Gasteiger partial charge < -0.3 is 19.9 Å². The van der Waals surface area contributed by atoms with Crippen LogP contribution in [0.15, 0.2) is 78.8 Å². The zero-order chi connectivity index (χ0) is 26.1. The van der Waals surface area contributed by atoms with Gasteiger partial charge in [-0.3, -0.25) is 4.79 Å². The van der Waals surface area contributed by atoms with Crippen molar-refractivity contribution in [2.24, 2.45) is 5.92 Å². The number of rotatable bonds is 6. The fraction of sp³-hybridized carbons (Fsp3) is 0.267. The molecule has 38 heavy (non-hydrogen) atoms. The molecule has 1 atom stereocenters. The van der Waals surface area contributed by atoms with E-state index in [1.807, 2.05) is 60.7 Å². The fourth-order valence-electron chi connectivity index (χ4n) is 5.12. The average molecular weight is 505 g/mol. The molecule has 2 aliphatic rings. The minimum absolute atomic E-state index is 0.0137. The number of fused-ring (bicyclic) bond motifs is 1. The first-order valence-corrected chi connectivity index (χ1v) is 13.0. The van der Waals surface area contributed by atoms with Crippen LogP contribution in [0.4, 0.5) is 5.82 Å². The van der Waals surface area contributed by atoms with E-state index in [4.69, 9.17) is 10.5 Å². The van der Waals surface area contributed by atoms with E-state index in [1.54, 1.807) is 4.90 Å². The molecule has 1 saturated carbocycles. The minimum Gasteiger partial charge on any atom is -0.457 e. The Balaban J connectivity index is 1.30. The molecule has 8 heteroatoms. The van der Waals surface area contributed by atoms with Crippen LogP contribution in [0.25, 0.3) is 22.2 Å². The topological polar surface area (TPSA) is 110 Å². The lowest BCUT2D eigenvalue weighted by molar-refractivity contribution is -0.128. The fourth-order valence-corrected chi connectivity index (χ4v) is 5.12. The molecular formula is C30H28N6O2. The summed E-state index contributed by atoms with van der Waals surface area (Å²) in [5.74, 6) is 2.12. The van der Waals surface area contributed by atoms with E-state index in [0.29, 0.717) is 24.8 Å². The van der Waals surface area contributed by atoms with Crippen molar-refractivity contribution in [3.63, 3.8) is 0 Å². The number of aromatic nitrogens is 3. The Hall–Kier alpha value is -4.64. The zero-order valence-electron chi connectivity index (χ0n) is 21.0. The van der Waals surface area contributed by atoms with Crippen molar-refractivity contribution in [1.29, 1.82) is 5.26 Å². The molecule has 0 unspecified atom stereocenters. The number of nitrogen functional groups attached to an aromatic ring is 1. The monoisotopic (exact) mass is 504 g/mol. The highest BCUT2D eigenvalue weighted by Gasteiger charge is 2.30. The molecule has 1 aliphatic carbocycles.